The van der Waals surface area contributed by atoms with Gasteiger partial charge in [0.2, 0.25) is 0 Å². The summed E-state index contributed by atoms with van der Waals surface area (Å²) in [4.78, 5) is 26.6. The summed E-state index contributed by atoms with van der Waals surface area (Å²) in [5, 5.41) is 10.7. The van der Waals surface area contributed by atoms with Gasteiger partial charge in [-0.2, -0.15) is 0 Å². The number of rotatable bonds is 4. The maximum Gasteiger partial charge on any atom is 0.273 e. The molecule has 23 heavy (non-hydrogen) atoms. The van der Waals surface area contributed by atoms with Crippen LogP contribution in [0.15, 0.2) is 57.9 Å². The molecule has 0 saturated carbocycles. The van der Waals surface area contributed by atoms with Gasteiger partial charge >= 0.3 is 0 Å². The number of fused-ring (bicyclic) bond motifs is 1. The molecule has 0 aliphatic heterocycles. The van der Waals surface area contributed by atoms with E-state index in [2.05, 4.69) is 20.9 Å². The quantitative estimate of drug-likeness (QED) is 0.516. The highest BCUT2D eigenvalue weighted by atomic mass is 79.9. The summed E-state index contributed by atoms with van der Waals surface area (Å²) in [6.45, 7) is 0.0446. The molecule has 1 aromatic carbocycles. The van der Waals surface area contributed by atoms with Crippen molar-refractivity contribution in [1.29, 1.82) is 0 Å². The maximum atomic E-state index is 12.1. The number of ether oxygens (including phenoxy) is 1. The van der Waals surface area contributed by atoms with Gasteiger partial charge in [0.25, 0.3) is 11.2 Å². The molecule has 2 heterocycles. The molecule has 0 aliphatic carbocycles. The molecule has 7 nitrogen and oxygen atoms in total. The van der Waals surface area contributed by atoms with Crippen molar-refractivity contribution in [3.63, 3.8) is 0 Å². The molecule has 0 unspecified atom stereocenters. The molecule has 116 valence electrons. The second kappa shape index (κ2) is 6.17. The molecular weight excluding hydrogens is 366 g/mol. The largest absolute Gasteiger partial charge is 0.487 e. The molecule has 0 saturated heterocycles. The Morgan fingerprint density at radius 3 is 2.87 bits per heavy atom. The molecule has 8 heteroatoms. The second-order valence-electron chi connectivity index (χ2n) is 4.70. The lowest BCUT2D eigenvalue weighted by molar-refractivity contribution is -0.384. The first-order chi connectivity index (χ1) is 11.0. The third-order valence-electron chi connectivity index (χ3n) is 3.09. The van der Waals surface area contributed by atoms with Crippen LogP contribution in [-0.2, 0) is 6.61 Å². The molecule has 0 N–H and O–H groups in total. The number of non-ortho nitro benzene ring substituents is 1. The van der Waals surface area contributed by atoms with Crippen LogP contribution in [0, 0.1) is 10.1 Å². The van der Waals surface area contributed by atoms with E-state index in [0.29, 0.717) is 17.1 Å². The van der Waals surface area contributed by atoms with E-state index in [1.165, 1.54) is 28.7 Å². The standard InChI is InChI=1S/C15H10BrN3O4/c16-10-4-5-14-17-11(6-15(20)18(14)8-10)9-23-13-3-1-2-12(7-13)19(21)22/h1-8H,9H2. The van der Waals surface area contributed by atoms with Crippen molar-refractivity contribution in [3.8, 4) is 5.75 Å². The van der Waals surface area contributed by atoms with E-state index >= 15 is 0 Å². The fraction of sp³-hybridized carbons (Fsp3) is 0.0667. The van der Waals surface area contributed by atoms with Crippen LogP contribution in [-0.4, -0.2) is 14.3 Å². The number of halogens is 1. The number of aromatic nitrogens is 2. The molecule has 0 spiro atoms. The van der Waals surface area contributed by atoms with Gasteiger partial charge in [0, 0.05) is 22.8 Å². The normalized spacial score (nSPS) is 10.7. The van der Waals surface area contributed by atoms with Crippen molar-refractivity contribution in [3.05, 3.63) is 79.3 Å². The van der Waals surface area contributed by atoms with Crippen LogP contribution in [0.2, 0.25) is 0 Å². The van der Waals surface area contributed by atoms with E-state index in [9.17, 15) is 14.9 Å². The first-order valence-electron chi connectivity index (χ1n) is 6.58. The zero-order chi connectivity index (χ0) is 16.4. The summed E-state index contributed by atoms with van der Waals surface area (Å²) in [5.74, 6) is 0.344. The summed E-state index contributed by atoms with van der Waals surface area (Å²) in [6.07, 6.45) is 1.63. The molecular formula is C15H10BrN3O4. The van der Waals surface area contributed by atoms with Gasteiger partial charge in [0.1, 0.15) is 18.0 Å². The molecule has 0 atom stereocenters. The Hall–Kier alpha value is -2.74. The minimum absolute atomic E-state index is 0.0446. The van der Waals surface area contributed by atoms with E-state index in [1.54, 1.807) is 24.4 Å². The minimum atomic E-state index is -0.495. The maximum absolute atomic E-state index is 12.1. The Morgan fingerprint density at radius 2 is 2.09 bits per heavy atom. The lowest BCUT2D eigenvalue weighted by atomic mass is 10.3. The van der Waals surface area contributed by atoms with Gasteiger partial charge in [-0.25, -0.2) is 4.98 Å². The number of nitro groups is 1. The predicted molar refractivity (Wildman–Crippen MR) is 86.6 cm³/mol. The Bertz CT molecular complexity index is 955. The fourth-order valence-corrected chi connectivity index (χ4v) is 2.38. The van der Waals surface area contributed by atoms with Gasteiger partial charge in [0.05, 0.1) is 16.7 Å². The first kappa shape index (κ1) is 15.2. The monoisotopic (exact) mass is 375 g/mol. The van der Waals surface area contributed by atoms with Gasteiger partial charge in [0.15, 0.2) is 0 Å². The van der Waals surface area contributed by atoms with Crippen molar-refractivity contribution in [2.75, 3.05) is 0 Å². The predicted octanol–water partition coefficient (Wildman–Crippen LogP) is 2.94. The topological polar surface area (TPSA) is 86.7 Å². The van der Waals surface area contributed by atoms with Crippen LogP contribution in [0.3, 0.4) is 0 Å². The lowest BCUT2D eigenvalue weighted by Crippen LogP contribution is -2.16. The minimum Gasteiger partial charge on any atom is -0.487 e. The highest BCUT2D eigenvalue weighted by molar-refractivity contribution is 9.10. The Morgan fingerprint density at radius 1 is 1.26 bits per heavy atom. The number of nitro benzene ring substituents is 1. The average molecular weight is 376 g/mol. The zero-order valence-electron chi connectivity index (χ0n) is 11.7. The Kier molecular flexibility index (Phi) is 4.07. The van der Waals surface area contributed by atoms with Gasteiger partial charge in [-0.3, -0.25) is 19.3 Å². The highest BCUT2D eigenvalue weighted by Crippen LogP contribution is 2.20. The van der Waals surface area contributed by atoms with E-state index in [0.717, 1.165) is 4.47 Å². The van der Waals surface area contributed by atoms with E-state index < -0.39 is 4.92 Å². The molecule has 0 bridgehead atoms. The van der Waals surface area contributed by atoms with Crippen LogP contribution >= 0.6 is 15.9 Å². The van der Waals surface area contributed by atoms with Crippen LogP contribution in [0.4, 0.5) is 5.69 Å². The SMILES string of the molecule is O=c1cc(COc2cccc([N+](=O)[O-])c2)nc2ccc(Br)cn12. The summed E-state index contributed by atoms with van der Waals surface area (Å²) in [5.41, 5.74) is 0.662. The summed E-state index contributed by atoms with van der Waals surface area (Å²) < 4.78 is 7.68. The van der Waals surface area contributed by atoms with E-state index in [1.807, 2.05) is 0 Å². The van der Waals surface area contributed by atoms with Gasteiger partial charge in [-0.1, -0.05) is 6.07 Å². The molecule has 3 rings (SSSR count). The Labute approximate surface area is 138 Å². The van der Waals surface area contributed by atoms with E-state index in [-0.39, 0.29) is 17.9 Å². The average Bonchev–Trinajstić information content (AvgIpc) is 2.54. The van der Waals surface area contributed by atoms with Crippen LogP contribution in [0.25, 0.3) is 5.65 Å². The number of benzene rings is 1. The first-order valence-corrected chi connectivity index (χ1v) is 7.37. The second-order valence-corrected chi connectivity index (χ2v) is 5.62. The zero-order valence-corrected chi connectivity index (χ0v) is 13.3. The number of hydrogen-bond donors (Lipinski definition) is 0. The smallest absolute Gasteiger partial charge is 0.273 e. The molecule has 0 amide bonds. The van der Waals surface area contributed by atoms with Crippen molar-refractivity contribution < 1.29 is 9.66 Å². The van der Waals surface area contributed by atoms with Gasteiger partial charge in [-0.15, -0.1) is 0 Å². The van der Waals surface area contributed by atoms with Crippen molar-refractivity contribution >= 4 is 27.3 Å². The highest BCUT2D eigenvalue weighted by Gasteiger charge is 2.08. The number of pyridine rings is 1. The van der Waals surface area contributed by atoms with Gasteiger partial charge < -0.3 is 4.74 Å². The molecule has 2 aromatic heterocycles. The Balaban J connectivity index is 1.85. The number of nitrogens with zero attached hydrogens (tertiary/aromatic N) is 3. The number of hydrogen-bond acceptors (Lipinski definition) is 5. The summed E-state index contributed by atoms with van der Waals surface area (Å²) >= 11 is 3.30. The fourth-order valence-electron chi connectivity index (χ4n) is 2.04. The van der Waals surface area contributed by atoms with E-state index in [4.69, 9.17) is 4.74 Å². The van der Waals surface area contributed by atoms with Crippen LogP contribution in [0.5, 0.6) is 5.75 Å². The third-order valence-corrected chi connectivity index (χ3v) is 3.56. The molecule has 0 radical (unpaired) electrons. The lowest BCUT2D eigenvalue weighted by Gasteiger charge is -2.07. The van der Waals surface area contributed by atoms with Crippen LogP contribution in [0.1, 0.15) is 5.69 Å². The third kappa shape index (κ3) is 3.37. The summed E-state index contributed by atoms with van der Waals surface area (Å²) in [7, 11) is 0. The molecule has 0 aliphatic rings. The molecule has 0 fully saturated rings. The molecule has 3 aromatic rings. The van der Waals surface area contributed by atoms with Crippen molar-refractivity contribution in [2.45, 2.75) is 6.61 Å². The van der Waals surface area contributed by atoms with Gasteiger partial charge in [-0.05, 0) is 34.1 Å². The summed E-state index contributed by atoms with van der Waals surface area (Å²) in [6, 6.07) is 10.7. The van der Waals surface area contributed by atoms with Crippen LogP contribution < -0.4 is 10.3 Å². The van der Waals surface area contributed by atoms with Crippen molar-refractivity contribution in [2.24, 2.45) is 0 Å². The van der Waals surface area contributed by atoms with Crippen molar-refractivity contribution in [1.82, 2.24) is 9.38 Å².